The minimum Gasteiger partial charge on any atom is -0.396 e. The van der Waals surface area contributed by atoms with Crippen LogP contribution in [-0.2, 0) is 10.0 Å². The molecule has 0 bridgehead atoms. The summed E-state index contributed by atoms with van der Waals surface area (Å²) in [5, 5.41) is 19.0. The van der Waals surface area contributed by atoms with Gasteiger partial charge in [-0.2, -0.15) is 16.2 Å². The highest BCUT2D eigenvalue weighted by Gasteiger charge is 2.20. The molecule has 0 saturated carbocycles. The van der Waals surface area contributed by atoms with Crippen LogP contribution in [0.25, 0.3) is 0 Å². The highest BCUT2D eigenvalue weighted by Crippen LogP contribution is 2.20. The Labute approximate surface area is 125 Å². The van der Waals surface area contributed by atoms with Crippen molar-refractivity contribution in [3.63, 3.8) is 0 Å². The fraction of sp³-hybridized carbons (Fsp3) is 0.455. The molecule has 21 heavy (non-hydrogen) atoms. The summed E-state index contributed by atoms with van der Waals surface area (Å²) >= 11 is 1.47. The van der Waals surface area contributed by atoms with Crippen molar-refractivity contribution in [2.45, 2.75) is 11.3 Å². The Morgan fingerprint density at radius 3 is 2.67 bits per heavy atom. The van der Waals surface area contributed by atoms with Crippen molar-refractivity contribution >= 4 is 27.5 Å². The van der Waals surface area contributed by atoms with E-state index < -0.39 is 26.5 Å². The van der Waals surface area contributed by atoms with Crippen LogP contribution in [0.4, 0.5) is 10.1 Å². The van der Waals surface area contributed by atoms with Gasteiger partial charge in [-0.05, 0) is 18.2 Å². The molecule has 0 spiro atoms. The number of halogens is 1. The highest BCUT2D eigenvalue weighted by molar-refractivity contribution is 7.99. The normalized spacial score (nSPS) is 11.5. The Hall–Kier alpha value is -1.23. The molecular weight excluding hydrogens is 323 g/mol. The van der Waals surface area contributed by atoms with Gasteiger partial charge in [-0.1, -0.05) is 0 Å². The monoisotopic (exact) mass is 338 g/mol. The fourth-order valence-corrected chi connectivity index (χ4v) is 3.36. The van der Waals surface area contributed by atoms with Gasteiger partial charge in [0.2, 0.25) is 15.8 Å². The van der Waals surface area contributed by atoms with E-state index in [0.29, 0.717) is 24.0 Å². The number of nitro groups is 1. The average Bonchev–Trinajstić information content (AvgIpc) is 2.42. The van der Waals surface area contributed by atoms with Crippen molar-refractivity contribution in [1.29, 1.82) is 0 Å². The van der Waals surface area contributed by atoms with Gasteiger partial charge in [0, 0.05) is 31.0 Å². The van der Waals surface area contributed by atoms with E-state index in [-0.39, 0.29) is 18.0 Å². The number of rotatable bonds is 9. The lowest BCUT2D eigenvalue weighted by molar-refractivity contribution is -0.387. The number of aliphatic hydroxyl groups is 1. The van der Waals surface area contributed by atoms with Crippen LogP contribution in [0.5, 0.6) is 0 Å². The predicted octanol–water partition coefficient (Wildman–Crippen LogP) is 1.13. The molecule has 0 aromatic heterocycles. The summed E-state index contributed by atoms with van der Waals surface area (Å²) in [5.41, 5.74) is -0.770. The number of hydrogen-bond donors (Lipinski definition) is 2. The molecule has 0 radical (unpaired) electrons. The van der Waals surface area contributed by atoms with Crippen LogP contribution >= 0.6 is 11.8 Å². The number of sulfonamides is 1. The van der Waals surface area contributed by atoms with Gasteiger partial charge in [0.05, 0.1) is 9.82 Å². The standard InChI is InChI=1S/C11H15FN2O5S2/c12-10-8-9(2-3-11(10)14(16)17)21(18,19)13-4-7-20-6-1-5-15/h2-3,8,13,15H,1,4-7H2. The number of nitrogens with one attached hydrogen (secondary N) is 1. The molecule has 0 heterocycles. The van der Waals surface area contributed by atoms with Crippen LogP contribution < -0.4 is 4.72 Å². The highest BCUT2D eigenvalue weighted by atomic mass is 32.2. The van der Waals surface area contributed by atoms with Crippen molar-refractivity contribution in [3.05, 3.63) is 34.1 Å². The third-order valence-corrected chi connectivity index (χ3v) is 4.94. The second-order valence-electron chi connectivity index (χ2n) is 3.96. The first kappa shape index (κ1) is 17.8. The van der Waals surface area contributed by atoms with E-state index in [1.165, 1.54) is 11.8 Å². The zero-order chi connectivity index (χ0) is 15.9. The van der Waals surface area contributed by atoms with Crippen molar-refractivity contribution in [3.8, 4) is 0 Å². The van der Waals surface area contributed by atoms with Gasteiger partial charge >= 0.3 is 5.69 Å². The zero-order valence-electron chi connectivity index (χ0n) is 11.0. The van der Waals surface area contributed by atoms with Crippen molar-refractivity contribution in [2.24, 2.45) is 0 Å². The van der Waals surface area contributed by atoms with Gasteiger partial charge in [0.15, 0.2) is 0 Å². The zero-order valence-corrected chi connectivity index (χ0v) is 12.6. The lowest BCUT2D eigenvalue weighted by atomic mass is 10.3. The van der Waals surface area contributed by atoms with Gasteiger partial charge in [-0.15, -0.1) is 0 Å². The lowest BCUT2D eigenvalue weighted by Gasteiger charge is -2.06. The number of thioether (sulfide) groups is 1. The topological polar surface area (TPSA) is 110 Å². The van der Waals surface area contributed by atoms with E-state index in [0.717, 1.165) is 12.1 Å². The first-order chi connectivity index (χ1) is 9.88. The molecule has 7 nitrogen and oxygen atoms in total. The summed E-state index contributed by atoms with van der Waals surface area (Å²) < 4.78 is 39.4. The quantitative estimate of drug-likeness (QED) is 0.397. The number of nitro benzene ring substituents is 1. The minimum atomic E-state index is -3.89. The molecule has 2 N–H and O–H groups in total. The fourth-order valence-electron chi connectivity index (χ4n) is 1.40. The Kier molecular flexibility index (Phi) is 7.02. The maximum Gasteiger partial charge on any atom is 0.304 e. The van der Waals surface area contributed by atoms with Crippen molar-refractivity contribution in [1.82, 2.24) is 4.72 Å². The molecule has 0 aliphatic rings. The van der Waals surface area contributed by atoms with Gasteiger partial charge in [0.25, 0.3) is 0 Å². The number of hydrogen-bond acceptors (Lipinski definition) is 6. The van der Waals surface area contributed by atoms with Gasteiger partial charge < -0.3 is 5.11 Å². The molecule has 0 atom stereocenters. The molecule has 118 valence electrons. The maximum absolute atomic E-state index is 13.4. The molecule has 1 aromatic rings. The molecule has 1 rings (SSSR count). The van der Waals surface area contributed by atoms with Gasteiger partial charge in [-0.3, -0.25) is 10.1 Å². The summed E-state index contributed by atoms with van der Waals surface area (Å²) in [6.07, 6.45) is 0.630. The maximum atomic E-state index is 13.4. The second-order valence-corrected chi connectivity index (χ2v) is 6.95. The van der Waals surface area contributed by atoms with Gasteiger partial charge in [0.1, 0.15) is 0 Å². The molecule has 0 fully saturated rings. The predicted molar refractivity (Wildman–Crippen MR) is 77.3 cm³/mol. The van der Waals surface area contributed by atoms with Crippen molar-refractivity contribution < 1.29 is 22.8 Å². The molecule has 0 aliphatic heterocycles. The van der Waals surface area contributed by atoms with E-state index in [2.05, 4.69) is 4.72 Å². The van der Waals surface area contributed by atoms with E-state index in [1.807, 2.05) is 0 Å². The second kappa shape index (κ2) is 8.27. The van der Waals surface area contributed by atoms with Gasteiger partial charge in [-0.25, -0.2) is 13.1 Å². The Bertz CT molecular complexity index is 594. The molecule has 1 aromatic carbocycles. The molecule has 10 heteroatoms. The van der Waals surface area contributed by atoms with E-state index in [9.17, 15) is 22.9 Å². The van der Waals surface area contributed by atoms with E-state index in [4.69, 9.17) is 5.11 Å². The molecular formula is C11H15FN2O5S2. The Balaban J connectivity index is 2.62. The molecule has 0 unspecified atom stereocenters. The molecule has 0 aliphatic carbocycles. The number of benzene rings is 1. The summed E-state index contributed by atoms with van der Waals surface area (Å²) in [6.45, 7) is 0.234. The third kappa shape index (κ3) is 5.58. The molecule has 0 amide bonds. The van der Waals surface area contributed by atoms with Crippen molar-refractivity contribution in [2.75, 3.05) is 24.7 Å². The minimum absolute atomic E-state index is 0.0841. The van der Waals surface area contributed by atoms with Crippen LogP contribution in [0.15, 0.2) is 23.1 Å². The van der Waals surface area contributed by atoms with Crippen LogP contribution in [0.3, 0.4) is 0 Å². The summed E-state index contributed by atoms with van der Waals surface area (Å²) in [7, 11) is -3.89. The first-order valence-electron chi connectivity index (χ1n) is 6.00. The largest absolute Gasteiger partial charge is 0.396 e. The lowest BCUT2D eigenvalue weighted by Crippen LogP contribution is -2.26. The smallest absolute Gasteiger partial charge is 0.304 e. The summed E-state index contributed by atoms with van der Waals surface area (Å²) in [5.74, 6) is 0.0270. The van der Waals surface area contributed by atoms with Crippen LogP contribution in [0.1, 0.15) is 6.42 Å². The average molecular weight is 338 g/mol. The SMILES string of the molecule is O=[N+]([O-])c1ccc(S(=O)(=O)NCCSCCCO)cc1F. The summed E-state index contributed by atoms with van der Waals surface area (Å²) in [4.78, 5) is 9.18. The summed E-state index contributed by atoms with van der Waals surface area (Å²) in [6, 6.07) is 2.43. The third-order valence-electron chi connectivity index (χ3n) is 2.41. The Morgan fingerprint density at radius 2 is 2.10 bits per heavy atom. The van der Waals surface area contributed by atoms with Crippen LogP contribution in [-0.4, -0.2) is 43.1 Å². The van der Waals surface area contributed by atoms with Crippen LogP contribution in [0, 0.1) is 15.9 Å². The first-order valence-corrected chi connectivity index (χ1v) is 8.64. The Morgan fingerprint density at radius 1 is 1.38 bits per heavy atom. The van der Waals surface area contributed by atoms with E-state index in [1.54, 1.807) is 0 Å². The van der Waals surface area contributed by atoms with Crippen LogP contribution in [0.2, 0.25) is 0 Å². The van der Waals surface area contributed by atoms with E-state index >= 15 is 0 Å². The molecule has 0 saturated heterocycles. The number of nitrogens with zero attached hydrogens (tertiary/aromatic N) is 1. The number of aliphatic hydroxyl groups excluding tert-OH is 1.